The number of carbonyl (C=O) groups excluding carboxylic acids is 2. The van der Waals surface area contributed by atoms with Gasteiger partial charge in [-0.25, -0.2) is 0 Å². The van der Waals surface area contributed by atoms with E-state index < -0.39 is 5.54 Å². The number of carbonyl (C=O) groups is 2. The number of guanidine groups is 1. The molecule has 2 fully saturated rings. The maximum Gasteiger partial charge on any atom is 0.272 e. The van der Waals surface area contributed by atoms with Crippen LogP contribution < -0.4 is 5.32 Å². The van der Waals surface area contributed by atoms with Gasteiger partial charge in [-0.15, -0.1) is 0 Å². The predicted molar refractivity (Wildman–Crippen MR) is 89.5 cm³/mol. The van der Waals surface area contributed by atoms with Gasteiger partial charge in [0.25, 0.3) is 5.91 Å². The molecule has 128 valence electrons. The molecule has 1 aromatic rings. The number of piperidine rings is 1. The Morgan fingerprint density at radius 3 is 2.92 bits per heavy atom. The zero-order valence-corrected chi connectivity index (χ0v) is 14.1. The van der Waals surface area contributed by atoms with Crippen molar-refractivity contribution in [1.29, 1.82) is 5.41 Å². The zero-order valence-electron chi connectivity index (χ0n) is 14.1. The molecule has 3 rings (SSSR count). The van der Waals surface area contributed by atoms with Crippen LogP contribution in [-0.2, 0) is 4.79 Å². The van der Waals surface area contributed by atoms with Gasteiger partial charge >= 0.3 is 0 Å². The Hall–Kier alpha value is -2.44. The normalized spacial score (nSPS) is 27.8. The minimum atomic E-state index is -0.496. The van der Waals surface area contributed by atoms with Crippen LogP contribution in [0.1, 0.15) is 36.7 Å². The monoisotopic (exact) mass is 329 g/mol. The summed E-state index contributed by atoms with van der Waals surface area (Å²) in [5, 5.41) is 11.1. The van der Waals surface area contributed by atoms with Gasteiger partial charge in [-0.3, -0.25) is 24.9 Å². The van der Waals surface area contributed by atoms with Crippen molar-refractivity contribution in [3.63, 3.8) is 0 Å². The van der Waals surface area contributed by atoms with E-state index in [1.165, 1.54) is 4.90 Å². The molecule has 0 spiro atoms. The van der Waals surface area contributed by atoms with Gasteiger partial charge in [0.05, 0.1) is 12.0 Å². The van der Waals surface area contributed by atoms with Crippen LogP contribution in [-0.4, -0.2) is 58.2 Å². The second-order valence-electron chi connectivity index (χ2n) is 6.83. The van der Waals surface area contributed by atoms with Crippen molar-refractivity contribution in [1.82, 2.24) is 20.1 Å². The van der Waals surface area contributed by atoms with Crippen LogP contribution in [0.25, 0.3) is 0 Å². The van der Waals surface area contributed by atoms with E-state index in [9.17, 15) is 9.59 Å². The van der Waals surface area contributed by atoms with Gasteiger partial charge < -0.3 is 10.2 Å². The van der Waals surface area contributed by atoms with Gasteiger partial charge in [0.2, 0.25) is 5.91 Å². The van der Waals surface area contributed by atoms with Crippen molar-refractivity contribution in [2.24, 2.45) is 5.92 Å². The standard InChI is InChI=1S/C17H23N5O2/c1-17(10-14(23)21(2)16(18)20-17)12-6-5-9-22(11-12)15(24)13-7-3-4-8-19-13/h3-4,7-8,12H,5-6,9-11H2,1-2H3,(H2,18,20)/t12?,17-/m0/s1. The van der Waals surface area contributed by atoms with Crippen molar-refractivity contribution in [3.05, 3.63) is 30.1 Å². The van der Waals surface area contributed by atoms with Gasteiger partial charge in [-0.1, -0.05) is 6.07 Å². The van der Waals surface area contributed by atoms with Gasteiger partial charge in [0.1, 0.15) is 5.69 Å². The zero-order chi connectivity index (χ0) is 17.3. The summed E-state index contributed by atoms with van der Waals surface area (Å²) < 4.78 is 0. The summed E-state index contributed by atoms with van der Waals surface area (Å²) in [5.41, 5.74) is -0.0486. The van der Waals surface area contributed by atoms with Gasteiger partial charge in [0.15, 0.2) is 5.96 Å². The fourth-order valence-electron chi connectivity index (χ4n) is 3.54. The van der Waals surface area contributed by atoms with Crippen LogP contribution >= 0.6 is 0 Å². The van der Waals surface area contributed by atoms with Crippen LogP contribution in [0.15, 0.2) is 24.4 Å². The molecule has 0 aromatic carbocycles. The highest BCUT2D eigenvalue weighted by Crippen LogP contribution is 2.32. The number of nitrogens with one attached hydrogen (secondary N) is 2. The summed E-state index contributed by atoms with van der Waals surface area (Å²) in [5.74, 6) is 0.117. The SMILES string of the molecule is CN1C(=N)N[C@](C)(C2CCCN(C(=O)c3ccccn3)C2)CC1=O. The average molecular weight is 329 g/mol. The summed E-state index contributed by atoms with van der Waals surface area (Å²) in [6.45, 7) is 3.25. The molecule has 2 saturated heterocycles. The Kier molecular flexibility index (Phi) is 4.26. The number of aromatic nitrogens is 1. The summed E-state index contributed by atoms with van der Waals surface area (Å²) in [7, 11) is 1.61. The number of hydrogen-bond donors (Lipinski definition) is 2. The molecule has 1 aromatic heterocycles. The van der Waals surface area contributed by atoms with E-state index in [0.29, 0.717) is 25.2 Å². The van der Waals surface area contributed by atoms with E-state index in [-0.39, 0.29) is 23.7 Å². The molecule has 7 heteroatoms. The lowest BCUT2D eigenvalue weighted by atomic mass is 9.76. The highest BCUT2D eigenvalue weighted by molar-refractivity contribution is 5.98. The molecule has 0 aliphatic carbocycles. The maximum absolute atomic E-state index is 12.6. The Morgan fingerprint density at radius 1 is 1.46 bits per heavy atom. The predicted octanol–water partition coefficient (Wildman–Crippen LogP) is 1.08. The molecule has 2 amide bonds. The summed E-state index contributed by atoms with van der Waals surface area (Å²) >= 11 is 0. The average Bonchev–Trinajstić information content (AvgIpc) is 2.60. The third-order valence-electron chi connectivity index (χ3n) is 5.13. The fraction of sp³-hybridized carbons (Fsp3) is 0.529. The number of likely N-dealkylation sites (tertiary alicyclic amines) is 1. The van der Waals surface area contributed by atoms with Gasteiger partial charge in [0, 0.05) is 26.3 Å². The van der Waals surface area contributed by atoms with E-state index >= 15 is 0 Å². The van der Waals surface area contributed by atoms with E-state index in [4.69, 9.17) is 5.41 Å². The first-order valence-corrected chi connectivity index (χ1v) is 8.24. The third-order valence-corrected chi connectivity index (χ3v) is 5.13. The summed E-state index contributed by atoms with van der Waals surface area (Å²) in [6, 6.07) is 5.32. The first kappa shape index (κ1) is 16.4. The highest BCUT2D eigenvalue weighted by atomic mass is 16.2. The molecule has 2 N–H and O–H groups in total. The lowest BCUT2D eigenvalue weighted by Gasteiger charge is -2.47. The summed E-state index contributed by atoms with van der Waals surface area (Å²) in [6.07, 6.45) is 3.77. The molecule has 24 heavy (non-hydrogen) atoms. The minimum absolute atomic E-state index is 0.0607. The van der Waals surface area contributed by atoms with Crippen LogP contribution in [0.3, 0.4) is 0 Å². The van der Waals surface area contributed by atoms with E-state index in [1.807, 2.05) is 17.9 Å². The van der Waals surface area contributed by atoms with Gasteiger partial charge in [-0.2, -0.15) is 0 Å². The molecular weight excluding hydrogens is 306 g/mol. The molecule has 0 radical (unpaired) electrons. The quantitative estimate of drug-likeness (QED) is 0.849. The van der Waals surface area contributed by atoms with Crippen LogP contribution in [0.2, 0.25) is 0 Å². The van der Waals surface area contributed by atoms with Crippen LogP contribution in [0, 0.1) is 11.3 Å². The molecule has 0 saturated carbocycles. The number of hydrogen-bond acceptors (Lipinski definition) is 4. The Morgan fingerprint density at radius 2 is 2.25 bits per heavy atom. The number of rotatable bonds is 2. The van der Waals surface area contributed by atoms with Crippen molar-refractivity contribution in [2.45, 2.75) is 31.7 Å². The second-order valence-corrected chi connectivity index (χ2v) is 6.83. The molecule has 3 heterocycles. The molecule has 0 bridgehead atoms. The molecule has 2 atom stereocenters. The van der Waals surface area contributed by atoms with Crippen molar-refractivity contribution >= 4 is 17.8 Å². The lowest BCUT2D eigenvalue weighted by Crippen LogP contribution is -2.65. The van der Waals surface area contributed by atoms with Crippen molar-refractivity contribution < 1.29 is 9.59 Å². The third kappa shape index (κ3) is 2.98. The molecule has 2 aliphatic rings. The van der Waals surface area contributed by atoms with Crippen LogP contribution in [0.4, 0.5) is 0 Å². The Labute approximate surface area is 141 Å². The minimum Gasteiger partial charge on any atom is -0.350 e. The topological polar surface area (TPSA) is 89.4 Å². The van der Waals surface area contributed by atoms with E-state index in [0.717, 1.165) is 12.8 Å². The molecule has 1 unspecified atom stereocenters. The molecule has 7 nitrogen and oxygen atoms in total. The van der Waals surface area contributed by atoms with Crippen molar-refractivity contribution in [3.8, 4) is 0 Å². The van der Waals surface area contributed by atoms with E-state index in [2.05, 4.69) is 10.3 Å². The number of amides is 2. The van der Waals surface area contributed by atoms with Crippen molar-refractivity contribution in [2.75, 3.05) is 20.1 Å². The Balaban J connectivity index is 1.75. The second kappa shape index (κ2) is 6.22. The first-order valence-electron chi connectivity index (χ1n) is 8.24. The first-order chi connectivity index (χ1) is 11.4. The number of nitrogens with zero attached hydrogens (tertiary/aromatic N) is 3. The largest absolute Gasteiger partial charge is 0.350 e. The maximum atomic E-state index is 12.6. The summed E-state index contributed by atoms with van der Waals surface area (Å²) in [4.78, 5) is 32.1. The fourth-order valence-corrected chi connectivity index (χ4v) is 3.54. The number of pyridine rings is 1. The van der Waals surface area contributed by atoms with Crippen LogP contribution in [0.5, 0.6) is 0 Å². The lowest BCUT2D eigenvalue weighted by molar-refractivity contribution is -0.130. The molecule has 2 aliphatic heterocycles. The van der Waals surface area contributed by atoms with Gasteiger partial charge in [-0.05, 0) is 37.8 Å². The van der Waals surface area contributed by atoms with E-state index in [1.54, 1.807) is 25.4 Å². The highest BCUT2D eigenvalue weighted by Gasteiger charge is 2.44. The Bertz CT molecular complexity index is 642. The smallest absolute Gasteiger partial charge is 0.272 e. The molecular formula is C17H23N5O2.